The summed E-state index contributed by atoms with van der Waals surface area (Å²) < 4.78 is 10.8. The fourth-order valence-electron chi connectivity index (χ4n) is 1.20. The molecule has 0 aliphatic carbocycles. The van der Waals surface area contributed by atoms with Crippen LogP contribution in [0.3, 0.4) is 0 Å². The van der Waals surface area contributed by atoms with Crippen LogP contribution in [0.25, 0.3) is 0 Å². The van der Waals surface area contributed by atoms with E-state index in [2.05, 4.69) is 0 Å². The van der Waals surface area contributed by atoms with E-state index in [0.29, 0.717) is 13.0 Å². The van der Waals surface area contributed by atoms with Gasteiger partial charge in [-0.3, -0.25) is 0 Å². The summed E-state index contributed by atoms with van der Waals surface area (Å²) in [6.07, 6.45) is 3.20. The molecule has 1 aliphatic rings. The van der Waals surface area contributed by atoms with Crippen LogP contribution in [0, 0.1) is 0 Å². The fourth-order valence-corrected chi connectivity index (χ4v) is 1.20. The van der Waals surface area contributed by atoms with Crippen LogP contribution >= 0.6 is 0 Å². The predicted octanol–water partition coefficient (Wildman–Crippen LogP) is 1.17. The van der Waals surface area contributed by atoms with Crippen molar-refractivity contribution in [2.75, 3.05) is 6.61 Å². The van der Waals surface area contributed by atoms with Crippen LogP contribution in [0.15, 0.2) is 12.2 Å². The minimum Gasteiger partial charge on any atom is -0.478 e. The Bertz CT molecular complexity index is 220. The third kappa shape index (κ3) is 3.57. The van der Waals surface area contributed by atoms with Gasteiger partial charge < -0.3 is 14.6 Å². The third-order valence-electron chi connectivity index (χ3n) is 1.74. The molecule has 1 saturated heterocycles. The van der Waals surface area contributed by atoms with Crippen molar-refractivity contribution in [2.45, 2.75) is 32.2 Å². The van der Waals surface area contributed by atoms with Crippen LogP contribution in [-0.2, 0) is 14.3 Å². The van der Waals surface area contributed by atoms with Gasteiger partial charge in [-0.05, 0) is 19.9 Å². The van der Waals surface area contributed by atoms with Gasteiger partial charge in [0.1, 0.15) is 0 Å². The van der Waals surface area contributed by atoms with Crippen LogP contribution in [-0.4, -0.2) is 29.6 Å². The van der Waals surface area contributed by atoms with E-state index in [1.807, 2.05) is 13.8 Å². The molecule has 4 nitrogen and oxygen atoms in total. The van der Waals surface area contributed by atoms with Crippen molar-refractivity contribution in [1.29, 1.82) is 0 Å². The van der Waals surface area contributed by atoms with E-state index >= 15 is 0 Å². The summed E-state index contributed by atoms with van der Waals surface area (Å²) in [7, 11) is 0. The Morgan fingerprint density at radius 2 is 2.31 bits per heavy atom. The van der Waals surface area contributed by atoms with Crippen molar-refractivity contribution in [3.63, 3.8) is 0 Å². The van der Waals surface area contributed by atoms with E-state index in [4.69, 9.17) is 14.6 Å². The lowest BCUT2D eigenvalue weighted by Gasteiger charge is -2.34. The summed E-state index contributed by atoms with van der Waals surface area (Å²) >= 11 is 0. The maximum absolute atomic E-state index is 10.2. The van der Waals surface area contributed by atoms with Crippen molar-refractivity contribution in [3.8, 4) is 0 Å². The first-order valence-corrected chi connectivity index (χ1v) is 4.22. The van der Waals surface area contributed by atoms with Crippen LogP contribution in [0.2, 0.25) is 0 Å². The lowest BCUT2D eigenvalue weighted by atomic mass is 10.2. The first-order valence-electron chi connectivity index (χ1n) is 4.22. The van der Waals surface area contributed by atoms with Gasteiger partial charge in [0, 0.05) is 12.5 Å². The molecule has 0 saturated carbocycles. The molecule has 74 valence electrons. The lowest BCUT2D eigenvalue weighted by molar-refractivity contribution is -0.262. The van der Waals surface area contributed by atoms with Crippen LogP contribution in [0.5, 0.6) is 0 Å². The van der Waals surface area contributed by atoms with Gasteiger partial charge in [0.2, 0.25) is 0 Å². The number of carboxylic acids is 1. The van der Waals surface area contributed by atoms with Gasteiger partial charge in [0.05, 0.1) is 12.7 Å². The van der Waals surface area contributed by atoms with Gasteiger partial charge in [-0.2, -0.15) is 0 Å². The number of hydrogen-bond donors (Lipinski definition) is 1. The zero-order valence-corrected chi connectivity index (χ0v) is 7.82. The molecule has 13 heavy (non-hydrogen) atoms. The summed E-state index contributed by atoms with van der Waals surface area (Å²) in [6.45, 7) is 4.23. The van der Waals surface area contributed by atoms with E-state index in [1.54, 1.807) is 6.08 Å². The summed E-state index contributed by atoms with van der Waals surface area (Å²) in [5, 5.41) is 8.40. The van der Waals surface area contributed by atoms with Gasteiger partial charge >= 0.3 is 5.97 Å². The smallest absolute Gasteiger partial charge is 0.328 e. The molecule has 0 aromatic carbocycles. The van der Waals surface area contributed by atoms with Crippen LogP contribution in [0.1, 0.15) is 20.3 Å². The molecule has 0 aromatic rings. The van der Waals surface area contributed by atoms with Gasteiger partial charge in [0.15, 0.2) is 5.79 Å². The molecule has 1 aliphatic heterocycles. The molecule has 1 N–H and O–H groups in total. The Labute approximate surface area is 77.1 Å². The Kier molecular flexibility index (Phi) is 3.06. The highest BCUT2D eigenvalue weighted by Crippen LogP contribution is 2.22. The topological polar surface area (TPSA) is 55.8 Å². The third-order valence-corrected chi connectivity index (χ3v) is 1.74. The zero-order valence-electron chi connectivity index (χ0n) is 7.82. The molecule has 1 fully saturated rings. The first-order chi connectivity index (χ1) is 5.99. The van der Waals surface area contributed by atoms with Crippen molar-refractivity contribution < 1.29 is 19.4 Å². The van der Waals surface area contributed by atoms with E-state index in [-0.39, 0.29) is 6.10 Å². The van der Waals surface area contributed by atoms with Crippen molar-refractivity contribution >= 4 is 5.97 Å². The SMILES string of the molecule is CC1(C)OCCC(C=CC(=O)O)O1. The molecule has 4 heteroatoms. The molecule has 0 spiro atoms. The second-order valence-electron chi connectivity index (χ2n) is 3.39. The standard InChI is InChI=1S/C9H14O4/c1-9(2)12-6-5-7(13-9)3-4-8(10)11/h3-4,7H,5-6H2,1-2H3,(H,10,11). The van der Waals surface area contributed by atoms with Crippen LogP contribution in [0.4, 0.5) is 0 Å². The maximum Gasteiger partial charge on any atom is 0.328 e. The minimum atomic E-state index is -0.951. The fraction of sp³-hybridized carbons (Fsp3) is 0.667. The molecule has 1 atom stereocenters. The van der Waals surface area contributed by atoms with Crippen molar-refractivity contribution in [3.05, 3.63) is 12.2 Å². The lowest BCUT2D eigenvalue weighted by Crippen LogP contribution is -2.38. The minimum absolute atomic E-state index is 0.153. The molecule has 0 aromatic heterocycles. The molecule has 1 heterocycles. The molecule has 0 bridgehead atoms. The van der Waals surface area contributed by atoms with E-state index in [1.165, 1.54) is 0 Å². The molecular weight excluding hydrogens is 172 g/mol. The molecule has 0 radical (unpaired) electrons. The summed E-state index contributed by atoms with van der Waals surface area (Å²) in [6, 6.07) is 0. The second-order valence-corrected chi connectivity index (χ2v) is 3.39. The van der Waals surface area contributed by atoms with Crippen molar-refractivity contribution in [1.82, 2.24) is 0 Å². The largest absolute Gasteiger partial charge is 0.478 e. The van der Waals surface area contributed by atoms with E-state index < -0.39 is 11.8 Å². The Morgan fingerprint density at radius 1 is 1.62 bits per heavy atom. The average molecular weight is 186 g/mol. The van der Waals surface area contributed by atoms with Crippen LogP contribution < -0.4 is 0 Å². The number of hydrogen-bond acceptors (Lipinski definition) is 3. The second kappa shape index (κ2) is 3.89. The number of rotatable bonds is 2. The van der Waals surface area contributed by atoms with E-state index in [0.717, 1.165) is 6.08 Å². The molecular formula is C9H14O4. The monoisotopic (exact) mass is 186 g/mol. The first kappa shape index (κ1) is 10.2. The van der Waals surface area contributed by atoms with E-state index in [9.17, 15) is 4.79 Å². The van der Waals surface area contributed by atoms with Gasteiger partial charge in [-0.15, -0.1) is 0 Å². The molecule has 1 unspecified atom stereocenters. The number of ether oxygens (including phenoxy) is 2. The maximum atomic E-state index is 10.2. The highest BCUT2D eigenvalue weighted by Gasteiger charge is 2.27. The normalized spacial score (nSPS) is 27.7. The van der Waals surface area contributed by atoms with Crippen molar-refractivity contribution in [2.24, 2.45) is 0 Å². The quantitative estimate of drug-likeness (QED) is 0.658. The highest BCUT2D eigenvalue weighted by atomic mass is 16.7. The van der Waals surface area contributed by atoms with Gasteiger partial charge in [0.25, 0.3) is 0 Å². The van der Waals surface area contributed by atoms with Gasteiger partial charge in [-0.1, -0.05) is 0 Å². The predicted molar refractivity (Wildman–Crippen MR) is 46.3 cm³/mol. The highest BCUT2D eigenvalue weighted by molar-refractivity contribution is 5.79. The number of carboxylic acid groups (broad SMARTS) is 1. The number of carbonyl (C=O) groups is 1. The summed E-state index contributed by atoms with van der Waals surface area (Å²) in [5.74, 6) is -1.56. The Hall–Kier alpha value is -0.870. The zero-order chi connectivity index (χ0) is 9.90. The Balaban J connectivity index is 2.48. The molecule has 1 rings (SSSR count). The average Bonchev–Trinajstić information content (AvgIpc) is 1.99. The molecule has 0 amide bonds. The van der Waals surface area contributed by atoms with Gasteiger partial charge in [-0.25, -0.2) is 4.79 Å². The number of aliphatic carboxylic acids is 1. The summed E-state index contributed by atoms with van der Waals surface area (Å²) in [4.78, 5) is 10.2. The Morgan fingerprint density at radius 3 is 2.85 bits per heavy atom. The summed E-state index contributed by atoms with van der Waals surface area (Å²) in [5.41, 5.74) is 0.